The SMILES string of the molecule is N#Cc1ccc(Oc2ccc(OP(=O)(Oc3ccc(Oc4ccc(C#N)c(C#N)c4)cc3)Oc3ccc(Oc4ccc(C#N)c(C#N)c4)cc3)cc2)cc1C#N. The molecule has 0 aliphatic heterocycles. The lowest BCUT2D eigenvalue weighted by Gasteiger charge is -2.20. The third kappa shape index (κ3) is 9.01. The van der Waals surface area contributed by atoms with Crippen LogP contribution in [0.3, 0.4) is 0 Å². The lowest BCUT2D eigenvalue weighted by Crippen LogP contribution is -2.07. The van der Waals surface area contributed by atoms with Crippen molar-refractivity contribution < 1.29 is 32.3 Å². The number of phosphoric acid groups is 1. The minimum absolute atomic E-state index is 0.0846. The van der Waals surface area contributed by atoms with Crippen LogP contribution in [-0.2, 0) is 4.57 Å². The van der Waals surface area contributed by atoms with Crippen molar-refractivity contribution in [1.82, 2.24) is 0 Å². The zero-order chi connectivity index (χ0) is 39.5. The second kappa shape index (κ2) is 16.8. The summed E-state index contributed by atoms with van der Waals surface area (Å²) in [5.74, 6) is 2.26. The molecule has 13 nitrogen and oxygen atoms in total. The Hall–Kier alpha value is -8.71. The molecular formula is C42H21N6O7P. The van der Waals surface area contributed by atoms with Crippen molar-refractivity contribution >= 4 is 7.82 Å². The highest BCUT2D eigenvalue weighted by atomic mass is 31.2. The molecule has 0 radical (unpaired) electrons. The van der Waals surface area contributed by atoms with Crippen molar-refractivity contribution in [2.24, 2.45) is 0 Å². The van der Waals surface area contributed by atoms with Gasteiger partial charge in [-0.05, 0) is 127 Å². The molecule has 0 amide bonds. The molecule has 0 bridgehead atoms. The zero-order valence-electron chi connectivity index (χ0n) is 28.6. The number of nitriles is 6. The van der Waals surface area contributed by atoms with Gasteiger partial charge in [-0.3, -0.25) is 0 Å². The molecule has 0 aliphatic carbocycles. The Bertz CT molecular complexity index is 2450. The van der Waals surface area contributed by atoms with E-state index in [4.69, 9.17) is 27.8 Å². The van der Waals surface area contributed by atoms with Gasteiger partial charge in [0.2, 0.25) is 0 Å². The van der Waals surface area contributed by atoms with Gasteiger partial charge < -0.3 is 27.8 Å². The topological polar surface area (TPSA) is 215 Å². The molecule has 0 fully saturated rings. The fourth-order valence-corrected chi connectivity index (χ4v) is 6.14. The normalized spacial score (nSPS) is 10.1. The first kappa shape index (κ1) is 37.1. The van der Waals surface area contributed by atoms with Crippen LogP contribution in [0, 0.1) is 68.0 Å². The van der Waals surface area contributed by atoms with Gasteiger partial charge in [0.05, 0.1) is 33.4 Å². The van der Waals surface area contributed by atoms with E-state index in [1.807, 2.05) is 36.4 Å². The summed E-state index contributed by atoms with van der Waals surface area (Å²) >= 11 is 0. The molecule has 56 heavy (non-hydrogen) atoms. The van der Waals surface area contributed by atoms with E-state index in [0.717, 1.165) is 0 Å². The third-order valence-electron chi connectivity index (χ3n) is 7.53. The van der Waals surface area contributed by atoms with Gasteiger partial charge in [0.1, 0.15) is 88.2 Å². The van der Waals surface area contributed by atoms with E-state index in [0.29, 0.717) is 34.5 Å². The number of hydrogen-bond acceptors (Lipinski definition) is 13. The fourth-order valence-electron chi connectivity index (χ4n) is 4.89. The highest BCUT2D eigenvalue weighted by molar-refractivity contribution is 7.49. The van der Waals surface area contributed by atoms with Gasteiger partial charge in [-0.15, -0.1) is 0 Å². The van der Waals surface area contributed by atoms with Crippen LogP contribution < -0.4 is 27.8 Å². The van der Waals surface area contributed by atoms with E-state index in [1.54, 1.807) is 18.2 Å². The summed E-state index contributed by atoms with van der Waals surface area (Å²) < 4.78 is 49.3. The van der Waals surface area contributed by atoms with Gasteiger partial charge in [-0.25, -0.2) is 0 Å². The average molecular weight is 753 g/mol. The molecule has 0 saturated heterocycles. The van der Waals surface area contributed by atoms with Crippen LogP contribution in [0.2, 0.25) is 0 Å². The monoisotopic (exact) mass is 752 g/mol. The van der Waals surface area contributed by atoms with Gasteiger partial charge in [0, 0.05) is 0 Å². The molecule has 0 N–H and O–H groups in total. The van der Waals surface area contributed by atoms with Crippen LogP contribution in [0.4, 0.5) is 0 Å². The van der Waals surface area contributed by atoms with Gasteiger partial charge >= 0.3 is 7.82 Å². The number of hydrogen-bond donors (Lipinski definition) is 0. The number of ether oxygens (including phenoxy) is 3. The van der Waals surface area contributed by atoms with Crippen LogP contribution in [0.5, 0.6) is 51.7 Å². The molecule has 6 aromatic rings. The molecule has 0 aromatic heterocycles. The maximum atomic E-state index is 14.3. The maximum absolute atomic E-state index is 14.3. The highest BCUT2D eigenvalue weighted by Crippen LogP contribution is 2.50. The van der Waals surface area contributed by atoms with Crippen molar-refractivity contribution in [3.63, 3.8) is 0 Å². The van der Waals surface area contributed by atoms with Crippen LogP contribution >= 0.6 is 7.82 Å². The van der Waals surface area contributed by atoms with Crippen molar-refractivity contribution in [3.8, 4) is 88.2 Å². The number of phosphoric ester groups is 1. The van der Waals surface area contributed by atoms with E-state index < -0.39 is 7.82 Å². The minimum atomic E-state index is -4.51. The summed E-state index contributed by atoms with van der Waals surface area (Å²) in [6, 6.07) is 43.1. The predicted octanol–water partition coefficient (Wildman–Crippen LogP) is 9.94. The fraction of sp³-hybridized carbons (Fsp3) is 0. The van der Waals surface area contributed by atoms with Crippen LogP contribution in [0.25, 0.3) is 0 Å². The standard InChI is InChI=1S/C42H21N6O7P/c43-22-28-1-4-40(19-31(28)25-46)50-34-7-13-37(14-8-34)53-56(49,54-38-15-9-35(10-16-38)51-41-5-2-29(23-44)32(20-41)26-47)55-39-17-11-36(12-18-39)52-42-6-3-30(24-45)33(21-42)27-48/h1-21H. The molecule has 6 rings (SSSR count). The summed E-state index contributed by atoms with van der Waals surface area (Å²) in [4.78, 5) is 0. The molecule has 266 valence electrons. The van der Waals surface area contributed by atoms with Crippen molar-refractivity contribution in [2.45, 2.75) is 0 Å². The Morgan fingerprint density at radius 3 is 0.750 bits per heavy atom. The smallest absolute Gasteiger partial charge is 0.457 e. The first-order valence-electron chi connectivity index (χ1n) is 16.1. The van der Waals surface area contributed by atoms with Gasteiger partial charge in [0.25, 0.3) is 0 Å². The van der Waals surface area contributed by atoms with E-state index in [1.165, 1.54) is 109 Å². The molecule has 6 aromatic carbocycles. The largest absolute Gasteiger partial charge is 0.647 e. The average Bonchev–Trinajstić information content (AvgIpc) is 3.22. The third-order valence-corrected chi connectivity index (χ3v) is 8.83. The lowest BCUT2D eigenvalue weighted by molar-refractivity contribution is 0.298. The Morgan fingerprint density at radius 2 is 0.518 bits per heavy atom. The second-order valence-electron chi connectivity index (χ2n) is 11.2. The molecule has 14 heteroatoms. The number of nitrogens with zero attached hydrogens (tertiary/aromatic N) is 6. The van der Waals surface area contributed by atoms with E-state index in [-0.39, 0.29) is 50.6 Å². The summed E-state index contributed by atoms with van der Waals surface area (Å²) in [5.41, 5.74) is 1.11. The molecular weight excluding hydrogens is 731 g/mol. The molecule has 0 saturated carbocycles. The van der Waals surface area contributed by atoms with Crippen LogP contribution in [0.15, 0.2) is 127 Å². The first-order chi connectivity index (χ1) is 27.2. The Labute approximate surface area is 319 Å². The van der Waals surface area contributed by atoms with Crippen molar-refractivity contribution in [2.75, 3.05) is 0 Å². The quantitative estimate of drug-likeness (QED) is 0.106. The van der Waals surface area contributed by atoms with Crippen LogP contribution in [0.1, 0.15) is 33.4 Å². The lowest BCUT2D eigenvalue weighted by atomic mass is 10.1. The van der Waals surface area contributed by atoms with E-state index >= 15 is 0 Å². The van der Waals surface area contributed by atoms with Crippen LogP contribution in [-0.4, -0.2) is 0 Å². The zero-order valence-corrected chi connectivity index (χ0v) is 29.5. The first-order valence-corrected chi connectivity index (χ1v) is 17.5. The molecule has 0 unspecified atom stereocenters. The second-order valence-corrected chi connectivity index (χ2v) is 12.7. The minimum Gasteiger partial charge on any atom is -0.457 e. The molecule has 0 heterocycles. The maximum Gasteiger partial charge on any atom is 0.647 e. The predicted molar refractivity (Wildman–Crippen MR) is 197 cm³/mol. The van der Waals surface area contributed by atoms with E-state index in [9.17, 15) is 36.1 Å². The van der Waals surface area contributed by atoms with E-state index in [2.05, 4.69) is 0 Å². The summed E-state index contributed by atoms with van der Waals surface area (Å²) in [6.45, 7) is 0. The van der Waals surface area contributed by atoms with Gasteiger partial charge in [0.15, 0.2) is 0 Å². The highest BCUT2D eigenvalue weighted by Gasteiger charge is 2.33. The summed E-state index contributed by atoms with van der Waals surface area (Å²) in [5, 5.41) is 55.6. The van der Waals surface area contributed by atoms with Crippen molar-refractivity contribution in [1.29, 1.82) is 31.6 Å². The molecule has 0 aliphatic rings. The Morgan fingerprint density at radius 1 is 0.304 bits per heavy atom. The summed E-state index contributed by atoms with van der Waals surface area (Å²) in [6.07, 6.45) is 0. The molecule has 0 spiro atoms. The van der Waals surface area contributed by atoms with Crippen molar-refractivity contribution in [3.05, 3.63) is 161 Å². The van der Waals surface area contributed by atoms with Gasteiger partial charge in [-0.1, -0.05) is 0 Å². The molecule has 0 atom stereocenters. The number of rotatable bonds is 12. The van der Waals surface area contributed by atoms with Gasteiger partial charge in [-0.2, -0.15) is 36.1 Å². The number of benzene rings is 6. The summed E-state index contributed by atoms with van der Waals surface area (Å²) in [7, 11) is -4.51. The Balaban J connectivity index is 1.21. The Kier molecular flexibility index (Phi) is 11.1.